The minimum absolute atomic E-state index is 0.109. The molecule has 0 saturated carbocycles. The van der Waals surface area contributed by atoms with Gasteiger partial charge >= 0.3 is 12.4 Å². The first kappa shape index (κ1) is 21.4. The van der Waals surface area contributed by atoms with Gasteiger partial charge in [0.05, 0.1) is 11.1 Å². The van der Waals surface area contributed by atoms with Crippen LogP contribution in [0.5, 0.6) is 0 Å². The summed E-state index contributed by atoms with van der Waals surface area (Å²) in [6.45, 7) is 3.63. The number of alkyl halides is 6. The summed E-state index contributed by atoms with van der Waals surface area (Å²) >= 11 is 0. The van der Waals surface area contributed by atoms with Gasteiger partial charge in [-0.1, -0.05) is 12.1 Å². The van der Waals surface area contributed by atoms with Crippen LogP contribution in [0.1, 0.15) is 36.9 Å². The van der Waals surface area contributed by atoms with Gasteiger partial charge < -0.3 is 10.8 Å². The standard InChI is InChI=1S/C17H19F6N3O/c1-9(2)26(7-6-24)15(27)11-8-13(17(21,22)23)25-14-10(11)4-3-5-12(14)16(18,19)20/h3-5,8-9,15,27H,6-7,24H2,1-2H3. The van der Waals surface area contributed by atoms with Gasteiger partial charge in [0.1, 0.15) is 11.9 Å². The molecule has 1 atom stereocenters. The molecule has 0 saturated heterocycles. The van der Waals surface area contributed by atoms with E-state index in [9.17, 15) is 31.4 Å². The Balaban J connectivity index is 2.81. The first-order valence-electron chi connectivity index (χ1n) is 8.09. The largest absolute Gasteiger partial charge is 0.433 e. The van der Waals surface area contributed by atoms with Crippen LogP contribution in [0, 0.1) is 0 Å². The number of nitrogens with two attached hydrogens (primary N) is 1. The van der Waals surface area contributed by atoms with Gasteiger partial charge in [0.2, 0.25) is 0 Å². The average Bonchev–Trinajstić information content (AvgIpc) is 2.55. The molecule has 0 spiro atoms. The van der Waals surface area contributed by atoms with E-state index in [4.69, 9.17) is 5.73 Å². The lowest BCUT2D eigenvalue weighted by Gasteiger charge is -2.32. The number of rotatable bonds is 5. The number of hydrogen-bond donors (Lipinski definition) is 2. The van der Waals surface area contributed by atoms with Gasteiger partial charge in [-0.3, -0.25) is 4.90 Å². The third kappa shape index (κ3) is 4.50. The van der Waals surface area contributed by atoms with E-state index in [2.05, 4.69) is 4.98 Å². The minimum atomic E-state index is -4.97. The van der Waals surface area contributed by atoms with Gasteiger partial charge in [-0.05, 0) is 26.0 Å². The summed E-state index contributed by atoms with van der Waals surface area (Å²) in [5.41, 5.74) is 1.52. The van der Waals surface area contributed by atoms with Crippen molar-refractivity contribution in [2.24, 2.45) is 5.73 Å². The predicted octanol–water partition coefficient (Wildman–Crippen LogP) is 3.93. The van der Waals surface area contributed by atoms with Crippen molar-refractivity contribution in [1.29, 1.82) is 0 Å². The number of aliphatic hydroxyl groups excluding tert-OH is 1. The van der Waals surface area contributed by atoms with Crippen molar-refractivity contribution in [3.63, 3.8) is 0 Å². The Morgan fingerprint density at radius 2 is 1.74 bits per heavy atom. The summed E-state index contributed by atoms with van der Waals surface area (Å²) in [6, 6.07) is 3.20. The Labute approximate surface area is 151 Å². The third-order valence-electron chi connectivity index (χ3n) is 4.11. The SMILES string of the molecule is CC(C)N(CCN)C(O)c1cc(C(F)(F)F)nc2c(C(F)(F)F)cccc12. The topological polar surface area (TPSA) is 62.4 Å². The van der Waals surface area contributed by atoms with E-state index in [0.717, 1.165) is 6.07 Å². The Kier molecular flexibility index (Phi) is 6.03. The molecule has 0 aliphatic carbocycles. The van der Waals surface area contributed by atoms with E-state index in [1.807, 2.05) is 0 Å². The Morgan fingerprint density at radius 1 is 1.11 bits per heavy atom. The molecule has 0 aliphatic heterocycles. The van der Waals surface area contributed by atoms with E-state index >= 15 is 0 Å². The second-order valence-electron chi connectivity index (χ2n) is 6.29. The normalized spacial score (nSPS) is 14.4. The van der Waals surface area contributed by atoms with E-state index < -0.39 is 35.4 Å². The lowest BCUT2D eigenvalue weighted by molar-refractivity contribution is -0.142. The number of fused-ring (bicyclic) bond motifs is 1. The molecule has 4 nitrogen and oxygen atoms in total. The van der Waals surface area contributed by atoms with Gasteiger partial charge in [0.15, 0.2) is 0 Å². The van der Waals surface area contributed by atoms with Crippen LogP contribution < -0.4 is 5.73 Å². The molecule has 0 radical (unpaired) electrons. The number of pyridine rings is 1. The number of halogens is 6. The monoisotopic (exact) mass is 395 g/mol. The number of para-hydroxylation sites is 1. The van der Waals surface area contributed by atoms with Crippen molar-refractivity contribution in [1.82, 2.24) is 9.88 Å². The highest BCUT2D eigenvalue weighted by Gasteiger charge is 2.38. The molecule has 150 valence electrons. The maximum atomic E-state index is 13.3. The van der Waals surface area contributed by atoms with E-state index in [1.165, 1.54) is 11.0 Å². The molecular formula is C17H19F6N3O. The highest BCUT2D eigenvalue weighted by atomic mass is 19.4. The van der Waals surface area contributed by atoms with Crippen molar-refractivity contribution in [3.8, 4) is 0 Å². The summed E-state index contributed by atoms with van der Waals surface area (Å²) in [5.74, 6) is 0. The molecule has 1 aromatic heterocycles. The molecule has 0 aliphatic rings. The van der Waals surface area contributed by atoms with E-state index in [1.54, 1.807) is 13.8 Å². The molecule has 0 bridgehead atoms. The van der Waals surface area contributed by atoms with Crippen LogP contribution in [-0.4, -0.2) is 34.1 Å². The Bertz CT molecular complexity index is 804. The molecule has 2 aromatic rings. The van der Waals surface area contributed by atoms with Crippen molar-refractivity contribution in [2.75, 3.05) is 13.1 Å². The zero-order valence-electron chi connectivity index (χ0n) is 14.6. The number of aromatic nitrogens is 1. The van der Waals surface area contributed by atoms with Crippen molar-refractivity contribution >= 4 is 10.9 Å². The highest BCUT2D eigenvalue weighted by molar-refractivity contribution is 5.86. The molecule has 27 heavy (non-hydrogen) atoms. The molecular weight excluding hydrogens is 376 g/mol. The third-order valence-corrected chi connectivity index (χ3v) is 4.11. The lowest BCUT2D eigenvalue weighted by Crippen LogP contribution is -2.38. The number of aliphatic hydroxyl groups is 1. The molecule has 1 aromatic carbocycles. The van der Waals surface area contributed by atoms with Gasteiger partial charge in [-0.15, -0.1) is 0 Å². The number of nitrogens with zero attached hydrogens (tertiary/aromatic N) is 2. The van der Waals surface area contributed by atoms with E-state index in [0.29, 0.717) is 12.1 Å². The Morgan fingerprint density at radius 3 is 2.22 bits per heavy atom. The Hall–Kier alpha value is -1.91. The fourth-order valence-corrected chi connectivity index (χ4v) is 2.85. The first-order chi connectivity index (χ1) is 12.4. The maximum absolute atomic E-state index is 13.3. The summed E-state index contributed by atoms with van der Waals surface area (Å²) in [5, 5.41) is 10.5. The molecule has 1 unspecified atom stereocenters. The van der Waals surface area contributed by atoms with Gasteiger partial charge in [-0.25, -0.2) is 4.98 Å². The summed E-state index contributed by atoms with van der Waals surface area (Å²) in [6.07, 6.45) is -11.4. The predicted molar refractivity (Wildman–Crippen MR) is 87.6 cm³/mol. The second-order valence-corrected chi connectivity index (χ2v) is 6.29. The summed E-state index contributed by atoms with van der Waals surface area (Å²) in [4.78, 5) is 4.60. The van der Waals surface area contributed by atoms with Crippen LogP contribution in [0.25, 0.3) is 10.9 Å². The maximum Gasteiger partial charge on any atom is 0.433 e. The van der Waals surface area contributed by atoms with Gasteiger partial charge in [0, 0.05) is 30.1 Å². The molecule has 0 fully saturated rings. The zero-order valence-corrected chi connectivity index (χ0v) is 14.6. The first-order valence-corrected chi connectivity index (χ1v) is 8.09. The minimum Gasteiger partial charge on any atom is -0.374 e. The van der Waals surface area contributed by atoms with Crippen molar-refractivity contribution < 1.29 is 31.4 Å². The molecule has 3 N–H and O–H groups in total. The van der Waals surface area contributed by atoms with Crippen LogP contribution >= 0.6 is 0 Å². The molecule has 0 amide bonds. The van der Waals surface area contributed by atoms with Crippen LogP contribution in [0.3, 0.4) is 0 Å². The molecule has 1 heterocycles. The quantitative estimate of drug-likeness (QED) is 0.595. The van der Waals surface area contributed by atoms with Crippen LogP contribution in [-0.2, 0) is 12.4 Å². The van der Waals surface area contributed by atoms with Crippen LogP contribution in [0.4, 0.5) is 26.3 Å². The van der Waals surface area contributed by atoms with Crippen molar-refractivity contribution in [2.45, 2.75) is 38.5 Å². The van der Waals surface area contributed by atoms with Crippen molar-refractivity contribution in [3.05, 3.63) is 41.1 Å². The zero-order chi connectivity index (χ0) is 20.6. The molecule has 10 heteroatoms. The fourth-order valence-electron chi connectivity index (χ4n) is 2.85. The van der Waals surface area contributed by atoms with E-state index in [-0.39, 0.29) is 30.1 Å². The molecule has 2 rings (SSSR count). The summed E-state index contributed by atoms with van der Waals surface area (Å²) in [7, 11) is 0. The van der Waals surface area contributed by atoms with Gasteiger partial charge in [0.25, 0.3) is 0 Å². The fraction of sp³-hybridized carbons (Fsp3) is 0.471. The summed E-state index contributed by atoms with van der Waals surface area (Å²) < 4.78 is 79.5. The second kappa shape index (κ2) is 7.61. The van der Waals surface area contributed by atoms with Crippen LogP contribution in [0.2, 0.25) is 0 Å². The number of hydrogen-bond acceptors (Lipinski definition) is 4. The smallest absolute Gasteiger partial charge is 0.374 e. The highest BCUT2D eigenvalue weighted by Crippen LogP contribution is 2.39. The number of benzene rings is 1. The average molecular weight is 395 g/mol. The van der Waals surface area contributed by atoms with Crippen LogP contribution in [0.15, 0.2) is 24.3 Å². The lowest BCUT2D eigenvalue weighted by atomic mass is 10.0. The van der Waals surface area contributed by atoms with Gasteiger partial charge in [-0.2, -0.15) is 26.3 Å².